The van der Waals surface area contributed by atoms with Gasteiger partial charge in [0.1, 0.15) is 11.1 Å². The maximum Gasteiger partial charge on any atom is 0.289 e. The zero-order chi connectivity index (χ0) is 24.5. The second kappa shape index (κ2) is 9.59. The fraction of sp³-hybridized carbons (Fsp3) is 0.129. The standard InChI is InChI=1S/C31H29N4S/c1-3-34-28-22-23(31-32-26-16-10-11-17-29(26)36-31)18-19-27(28)35(25-14-8-5-9-15-25)30(34)20-21-33(2)24-12-6-4-7-13-24/h4-22,31-32H,3H2,1-2H3/q+1. The molecule has 2 heterocycles. The zero-order valence-electron chi connectivity index (χ0n) is 20.5. The Morgan fingerprint density at radius 1 is 0.917 bits per heavy atom. The third-order valence-corrected chi connectivity index (χ3v) is 7.93. The zero-order valence-corrected chi connectivity index (χ0v) is 21.3. The van der Waals surface area contributed by atoms with Crippen LogP contribution < -0.4 is 14.8 Å². The van der Waals surface area contributed by atoms with E-state index in [-0.39, 0.29) is 5.37 Å². The fourth-order valence-electron chi connectivity index (χ4n) is 4.89. The van der Waals surface area contributed by atoms with Crippen LogP contribution in [-0.4, -0.2) is 11.6 Å². The molecule has 1 aromatic heterocycles. The number of benzene rings is 4. The molecule has 5 aromatic rings. The number of aryl methyl sites for hydroxylation is 1. The maximum absolute atomic E-state index is 3.69. The number of nitrogens with zero attached hydrogens (tertiary/aromatic N) is 3. The van der Waals surface area contributed by atoms with Gasteiger partial charge in [-0.15, -0.1) is 0 Å². The Bertz CT molecular complexity index is 1510. The molecule has 5 heteroatoms. The number of nitrogens with one attached hydrogen (secondary N) is 1. The Kier molecular flexibility index (Phi) is 5.99. The van der Waals surface area contributed by atoms with Gasteiger partial charge < -0.3 is 10.2 Å². The van der Waals surface area contributed by atoms with E-state index in [1.165, 1.54) is 27.2 Å². The molecule has 1 N–H and O–H groups in total. The lowest BCUT2D eigenvalue weighted by molar-refractivity contribution is -0.670. The molecule has 0 aliphatic carbocycles. The van der Waals surface area contributed by atoms with Crippen molar-refractivity contribution in [1.82, 2.24) is 4.57 Å². The van der Waals surface area contributed by atoms with E-state index in [1.54, 1.807) is 0 Å². The lowest BCUT2D eigenvalue weighted by Crippen LogP contribution is -2.35. The highest BCUT2D eigenvalue weighted by Crippen LogP contribution is 2.46. The summed E-state index contributed by atoms with van der Waals surface area (Å²) in [6.07, 6.45) is 4.38. The highest BCUT2D eigenvalue weighted by Gasteiger charge is 2.28. The van der Waals surface area contributed by atoms with Gasteiger partial charge in [0, 0.05) is 35.6 Å². The summed E-state index contributed by atoms with van der Waals surface area (Å²) >= 11 is 1.88. The molecule has 4 nitrogen and oxygen atoms in total. The van der Waals surface area contributed by atoms with Gasteiger partial charge in [-0.2, -0.15) is 4.57 Å². The van der Waals surface area contributed by atoms with Crippen molar-refractivity contribution in [1.29, 1.82) is 0 Å². The second-order valence-electron chi connectivity index (χ2n) is 8.92. The predicted octanol–water partition coefficient (Wildman–Crippen LogP) is 7.26. The summed E-state index contributed by atoms with van der Waals surface area (Å²) in [5.74, 6) is 1.15. The number of fused-ring (bicyclic) bond motifs is 2. The number of hydrogen-bond donors (Lipinski definition) is 1. The van der Waals surface area contributed by atoms with E-state index >= 15 is 0 Å². The van der Waals surface area contributed by atoms with Crippen molar-refractivity contribution >= 4 is 40.2 Å². The molecule has 178 valence electrons. The monoisotopic (exact) mass is 489 g/mol. The Hall–Kier alpha value is -3.96. The van der Waals surface area contributed by atoms with Crippen molar-refractivity contribution < 1.29 is 4.57 Å². The highest BCUT2D eigenvalue weighted by molar-refractivity contribution is 8.00. The molecule has 1 unspecified atom stereocenters. The van der Waals surface area contributed by atoms with E-state index in [0.717, 1.165) is 23.7 Å². The molecule has 0 saturated heterocycles. The second-order valence-corrected chi connectivity index (χ2v) is 10.1. The van der Waals surface area contributed by atoms with Crippen LogP contribution in [0.4, 0.5) is 11.4 Å². The molecule has 1 aliphatic rings. The first-order valence-corrected chi connectivity index (χ1v) is 13.2. The molecule has 0 saturated carbocycles. The lowest BCUT2D eigenvalue weighted by Gasteiger charge is -2.13. The number of anilines is 2. The molecule has 0 bridgehead atoms. The molecule has 4 aromatic carbocycles. The number of thioether (sulfide) groups is 1. The largest absolute Gasteiger partial charge is 0.368 e. The van der Waals surface area contributed by atoms with E-state index in [0.29, 0.717) is 0 Å². The molecule has 0 amide bonds. The van der Waals surface area contributed by atoms with Crippen LogP contribution in [-0.2, 0) is 6.54 Å². The van der Waals surface area contributed by atoms with E-state index in [2.05, 4.69) is 143 Å². The molecule has 0 spiro atoms. The first-order chi connectivity index (χ1) is 17.7. The van der Waals surface area contributed by atoms with Crippen LogP contribution in [0.5, 0.6) is 0 Å². The molecule has 0 fully saturated rings. The highest BCUT2D eigenvalue weighted by atomic mass is 32.2. The number of imidazole rings is 1. The average Bonchev–Trinajstić information content (AvgIpc) is 3.51. The van der Waals surface area contributed by atoms with Gasteiger partial charge in [0.25, 0.3) is 5.82 Å². The van der Waals surface area contributed by atoms with Crippen molar-refractivity contribution in [3.8, 4) is 5.69 Å². The summed E-state index contributed by atoms with van der Waals surface area (Å²) in [5.41, 5.74) is 7.25. The van der Waals surface area contributed by atoms with Crippen LogP contribution in [0.25, 0.3) is 22.8 Å². The van der Waals surface area contributed by atoms with Crippen LogP contribution in [0.1, 0.15) is 23.7 Å². The van der Waals surface area contributed by atoms with Gasteiger partial charge in [-0.3, -0.25) is 0 Å². The van der Waals surface area contributed by atoms with Gasteiger partial charge in [-0.25, -0.2) is 4.57 Å². The van der Waals surface area contributed by atoms with Crippen molar-refractivity contribution in [3.05, 3.63) is 121 Å². The van der Waals surface area contributed by atoms with E-state index < -0.39 is 0 Å². The number of rotatable bonds is 6. The minimum atomic E-state index is 0.209. The number of hydrogen-bond acceptors (Lipinski definition) is 3. The minimum absolute atomic E-state index is 0.209. The fourth-order valence-corrected chi connectivity index (χ4v) is 6.02. The van der Waals surface area contributed by atoms with Crippen molar-refractivity contribution in [3.63, 3.8) is 0 Å². The SMILES string of the molecule is CC[n+]1c(/C=C/N(C)c2ccccc2)n(-c2ccccc2)c2ccc(C3Nc4ccccc4S3)cc21. The van der Waals surface area contributed by atoms with E-state index in [1.807, 2.05) is 17.8 Å². The minimum Gasteiger partial charge on any atom is -0.368 e. The molecule has 6 rings (SSSR count). The van der Waals surface area contributed by atoms with Crippen LogP contribution >= 0.6 is 11.8 Å². The molecular formula is C31H29N4S+. The molecule has 1 atom stereocenters. The lowest BCUT2D eigenvalue weighted by atomic mass is 10.2. The van der Waals surface area contributed by atoms with Gasteiger partial charge >= 0.3 is 0 Å². The van der Waals surface area contributed by atoms with E-state index in [4.69, 9.17) is 0 Å². The van der Waals surface area contributed by atoms with Crippen LogP contribution in [0.3, 0.4) is 0 Å². The van der Waals surface area contributed by atoms with Gasteiger partial charge in [-0.05, 0) is 61.0 Å². The molecule has 36 heavy (non-hydrogen) atoms. The topological polar surface area (TPSA) is 24.1 Å². The third-order valence-electron chi connectivity index (χ3n) is 6.70. The maximum atomic E-state index is 3.69. The summed E-state index contributed by atoms with van der Waals surface area (Å²) in [6.45, 7) is 3.10. The Morgan fingerprint density at radius 2 is 1.64 bits per heavy atom. The smallest absolute Gasteiger partial charge is 0.289 e. The molecular weight excluding hydrogens is 460 g/mol. The number of para-hydroxylation sites is 3. The summed E-state index contributed by atoms with van der Waals surface area (Å²) in [5, 5.41) is 3.90. The van der Waals surface area contributed by atoms with E-state index in [9.17, 15) is 0 Å². The van der Waals surface area contributed by atoms with Crippen molar-refractivity contribution in [2.24, 2.45) is 0 Å². The first-order valence-electron chi connectivity index (χ1n) is 12.3. The van der Waals surface area contributed by atoms with Crippen LogP contribution in [0.15, 0.2) is 114 Å². The van der Waals surface area contributed by atoms with Crippen molar-refractivity contribution in [2.45, 2.75) is 23.7 Å². The summed E-state index contributed by atoms with van der Waals surface area (Å²) in [6, 6.07) is 36.5. The Labute approximate surface area is 216 Å². The quantitative estimate of drug-likeness (QED) is 0.254. The van der Waals surface area contributed by atoms with Gasteiger partial charge in [0.05, 0.1) is 6.54 Å². The summed E-state index contributed by atoms with van der Waals surface area (Å²) in [4.78, 5) is 3.47. The predicted molar refractivity (Wildman–Crippen MR) is 152 cm³/mol. The van der Waals surface area contributed by atoms with Crippen LogP contribution in [0.2, 0.25) is 0 Å². The Morgan fingerprint density at radius 3 is 2.39 bits per heavy atom. The first kappa shape index (κ1) is 22.5. The van der Waals surface area contributed by atoms with Crippen molar-refractivity contribution in [2.75, 3.05) is 17.3 Å². The summed E-state index contributed by atoms with van der Waals surface area (Å²) < 4.78 is 4.77. The number of aromatic nitrogens is 2. The Balaban J connectivity index is 1.46. The average molecular weight is 490 g/mol. The van der Waals surface area contributed by atoms with Gasteiger partial charge in [0.15, 0.2) is 11.0 Å². The molecule has 1 aliphatic heterocycles. The molecule has 0 radical (unpaired) electrons. The van der Waals surface area contributed by atoms with Crippen LogP contribution in [0, 0.1) is 0 Å². The normalized spacial score (nSPS) is 14.8. The third kappa shape index (κ3) is 4.06. The van der Waals surface area contributed by atoms with Gasteiger partial charge in [0.2, 0.25) is 0 Å². The summed E-state index contributed by atoms with van der Waals surface area (Å²) in [7, 11) is 2.09. The van der Waals surface area contributed by atoms with Gasteiger partial charge in [-0.1, -0.05) is 66.4 Å².